The maximum atomic E-state index is 12.2. The number of aromatic nitrogens is 1. The van der Waals surface area contributed by atoms with Crippen LogP contribution < -0.4 is 5.32 Å². The van der Waals surface area contributed by atoms with Crippen molar-refractivity contribution in [1.82, 2.24) is 9.88 Å². The van der Waals surface area contributed by atoms with Crippen molar-refractivity contribution in [1.29, 1.82) is 0 Å². The molecule has 3 rings (SSSR count). The summed E-state index contributed by atoms with van der Waals surface area (Å²) >= 11 is 0. The molecule has 27 heavy (non-hydrogen) atoms. The van der Waals surface area contributed by atoms with Crippen LogP contribution in [-0.2, 0) is 9.53 Å². The summed E-state index contributed by atoms with van der Waals surface area (Å²) in [7, 11) is 0. The molecule has 5 nitrogen and oxygen atoms in total. The average molecular weight is 368 g/mol. The summed E-state index contributed by atoms with van der Waals surface area (Å²) in [6.07, 6.45) is 4.50. The van der Waals surface area contributed by atoms with E-state index in [9.17, 15) is 9.59 Å². The van der Waals surface area contributed by atoms with Gasteiger partial charge in [0.15, 0.2) is 6.61 Å². The van der Waals surface area contributed by atoms with Crippen LogP contribution in [0.15, 0.2) is 36.4 Å². The third-order valence-electron chi connectivity index (χ3n) is 5.42. The molecule has 1 fully saturated rings. The molecule has 5 heteroatoms. The standard InChI is InChI=1S/C22H28N2O3/c1-15-6-4-5-7-20(15)23-21(25)14-27-22(26)18-10-12-19(13-11-18)24-16(2)8-9-17(24)3/h8-13,15,20H,4-7,14H2,1-3H3,(H,23,25)/t15-,20+/m0/s1. The van der Waals surface area contributed by atoms with Crippen molar-refractivity contribution in [2.24, 2.45) is 5.92 Å². The molecule has 1 aliphatic carbocycles. The molecule has 1 heterocycles. The highest BCUT2D eigenvalue weighted by atomic mass is 16.5. The number of carbonyl (C=O) groups is 2. The van der Waals surface area contributed by atoms with E-state index in [-0.39, 0.29) is 18.6 Å². The van der Waals surface area contributed by atoms with Gasteiger partial charge in [0.1, 0.15) is 0 Å². The SMILES string of the molecule is Cc1ccc(C)n1-c1ccc(C(=O)OCC(=O)N[C@@H]2CCCC[C@@H]2C)cc1. The highest BCUT2D eigenvalue weighted by Gasteiger charge is 2.23. The van der Waals surface area contributed by atoms with E-state index in [1.807, 2.05) is 26.0 Å². The van der Waals surface area contributed by atoms with Crippen LogP contribution in [0.3, 0.4) is 0 Å². The predicted octanol–water partition coefficient (Wildman–Crippen LogP) is 3.95. The summed E-state index contributed by atoms with van der Waals surface area (Å²) in [5.74, 6) is -0.224. The van der Waals surface area contributed by atoms with Gasteiger partial charge in [0, 0.05) is 23.1 Å². The molecule has 0 radical (unpaired) electrons. The molecule has 144 valence electrons. The smallest absolute Gasteiger partial charge is 0.338 e. The Kier molecular flexibility index (Phi) is 5.99. The van der Waals surface area contributed by atoms with Crippen molar-refractivity contribution < 1.29 is 14.3 Å². The zero-order valence-electron chi connectivity index (χ0n) is 16.3. The van der Waals surface area contributed by atoms with Crippen molar-refractivity contribution in [3.05, 3.63) is 53.3 Å². The summed E-state index contributed by atoms with van der Waals surface area (Å²) in [4.78, 5) is 24.3. The fraction of sp³-hybridized carbons (Fsp3) is 0.455. The third kappa shape index (κ3) is 4.59. The zero-order valence-corrected chi connectivity index (χ0v) is 16.3. The third-order valence-corrected chi connectivity index (χ3v) is 5.42. The van der Waals surface area contributed by atoms with Crippen LogP contribution in [0.2, 0.25) is 0 Å². The molecule has 1 aromatic carbocycles. The minimum Gasteiger partial charge on any atom is -0.452 e. The van der Waals surface area contributed by atoms with Gasteiger partial charge < -0.3 is 14.6 Å². The highest BCUT2D eigenvalue weighted by molar-refractivity contribution is 5.91. The van der Waals surface area contributed by atoms with Crippen LogP contribution in [-0.4, -0.2) is 29.1 Å². The van der Waals surface area contributed by atoms with Crippen LogP contribution in [0.1, 0.15) is 54.4 Å². The lowest BCUT2D eigenvalue weighted by Gasteiger charge is -2.29. The van der Waals surface area contributed by atoms with E-state index in [1.54, 1.807) is 12.1 Å². The molecule has 2 atom stereocenters. The molecular weight excluding hydrogens is 340 g/mol. The molecule has 2 aromatic rings. The van der Waals surface area contributed by atoms with Gasteiger partial charge in [-0.1, -0.05) is 19.8 Å². The molecule has 1 N–H and O–H groups in total. The van der Waals surface area contributed by atoms with Gasteiger partial charge in [0.05, 0.1) is 5.56 Å². The van der Waals surface area contributed by atoms with E-state index < -0.39 is 5.97 Å². The summed E-state index contributed by atoms with van der Waals surface area (Å²) in [5.41, 5.74) is 3.71. The molecule has 0 spiro atoms. The van der Waals surface area contributed by atoms with Gasteiger partial charge in [-0.15, -0.1) is 0 Å². The Labute approximate surface area is 160 Å². The molecule has 1 aromatic heterocycles. The van der Waals surface area contributed by atoms with Gasteiger partial charge in [0.2, 0.25) is 0 Å². The molecule has 0 unspecified atom stereocenters. The number of amides is 1. The van der Waals surface area contributed by atoms with Gasteiger partial charge in [-0.05, 0) is 69.0 Å². The molecule has 0 bridgehead atoms. The number of nitrogens with zero attached hydrogens (tertiary/aromatic N) is 1. The van der Waals surface area contributed by atoms with Gasteiger partial charge in [-0.3, -0.25) is 4.79 Å². The van der Waals surface area contributed by atoms with Gasteiger partial charge >= 0.3 is 5.97 Å². The Morgan fingerprint density at radius 1 is 1.04 bits per heavy atom. The summed E-state index contributed by atoms with van der Waals surface area (Å²) in [5, 5.41) is 3.00. The highest BCUT2D eigenvalue weighted by Crippen LogP contribution is 2.23. The Morgan fingerprint density at radius 3 is 2.30 bits per heavy atom. The van der Waals surface area contributed by atoms with Crippen LogP contribution in [0, 0.1) is 19.8 Å². The number of hydrogen-bond donors (Lipinski definition) is 1. The number of esters is 1. The second-order valence-electron chi connectivity index (χ2n) is 7.51. The number of nitrogens with one attached hydrogen (secondary N) is 1. The van der Waals surface area contributed by atoms with E-state index in [2.05, 4.69) is 28.9 Å². The van der Waals surface area contributed by atoms with Crippen LogP contribution >= 0.6 is 0 Å². The minimum atomic E-state index is -0.477. The first kappa shape index (κ1) is 19.2. The van der Waals surface area contributed by atoms with Gasteiger partial charge in [0.25, 0.3) is 5.91 Å². The van der Waals surface area contributed by atoms with E-state index in [0.29, 0.717) is 11.5 Å². The lowest BCUT2D eigenvalue weighted by Crippen LogP contribution is -2.42. The zero-order chi connectivity index (χ0) is 19.4. The number of aryl methyl sites for hydroxylation is 2. The molecule has 0 aliphatic heterocycles. The minimum absolute atomic E-state index is 0.192. The van der Waals surface area contributed by atoms with E-state index >= 15 is 0 Å². The van der Waals surface area contributed by atoms with Crippen LogP contribution in [0.5, 0.6) is 0 Å². The molecule has 1 aliphatic rings. The van der Waals surface area contributed by atoms with E-state index in [4.69, 9.17) is 4.74 Å². The Balaban J connectivity index is 1.54. The van der Waals surface area contributed by atoms with Crippen molar-refractivity contribution in [3.8, 4) is 5.69 Å². The van der Waals surface area contributed by atoms with Crippen molar-refractivity contribution in [2.75, 3.05) is 6.61 Å². The predicted molar refractivity (Wildman–Crippen MR) is 105 cm³/mol. The first-order valence-corrected chi connectivity index (χ1v) is 9.67. The van der Waals surface area contributed by atoms with Crippen LogP contribution in [0.25, 0.3) is 5.69 Å². The number of ether oxygens (including phenoxy) is 1. The number of benzene rings is 1. The number of rotatable bonds is 5. The lowest BCUT2D eigenvalue weighted by molar-refractivity contribution is -0.125. The lowest BCUT2D eigenvalue weighted by atomic mass is 9.86. The second kappa shape index (κ2) is 8.42. The van der Waals surface area contributed by atoms with Crippen molar-refractivity contribution >= 4 is 11.9 Å². The Morgan fingerprint density at radius 2 is 1.67 bits per heavy atom. The first-order valence-electron chi connectivity index (χ1n) is 9.67. The molecule has 0 saturated heterocycles. The monoisotopic (exact) mass is 368 g/mol. The maximum Gasteiger partial charge on any atom is 0.338 e. The Hall–Kier alpha value is -2.56. The Bertz CT molecular complexity index is 788. The van der Waals surface area contributed by atoms with E-state index in [0.717, 1.165) is 36.3 Å². The average Bonchev–Trinajstić information content (AvgIpc) is 3.00. The summed E-state index contributed by atoms with van der Waals surface area (Å²) in [6, 6.07) is 11.6. The quantitative estimate of drug-likeness (QED) is 0.813. The van der Waals surface area contributed by atoms with Gasteiger partial charge in [-0.25, -0.2) is 4.79 Å². The van der Waals surface area contributed by atoms with Crippen LogP contribution in [0.4, 0.5) is 0 Å². The van der Waals surface area contributed by atoms with E-state index in [1.165, 1.54) is 6.42 Å². The van der Waals surface area contributed by atoms with Crippen molar-refractivity contribution in [2.45, 2.75) is 52.5 Å². The van der Waals surface area contributed by atoms with Gasteiger partial charge in [-0.2, -0.15) is 0 Å². The topological polar surface area (TPSA) is 60.3 Å². The number of carbonyl (C=O) groups excluding carboxylic acids is 2. The number of hydrogen-bond acceptors (Lipinski definition) is 3. The molecular formula is C22H28N2O3. The normalized spacial score (nSPS) is 19.5. The largest absolute Gasteiger partial charge is 0.452 e. The second-order valence-corrected chi connectivity index (χ2v) is 7.51. The fourth-order valence-corrected chi connectivity index (χ4v) is 3.82. The maximum absolute atomic E-state index is 12.2. The summed E-state index contributed by atoms with van der Waals surface area (Å²) in [6.45, 7) is 6.01. The fourth-order valence-electron chi connectivity index (χ4n) is 3.82. The summed E-state index contributed by atoms with van der Waals surface area (Å²) < 4.78 is 7.31. The molecule has 1 amide bonds. The molecule has 1 saturated carbocycles. The first-order chi connectivity index (χ1) is 13.0. The van der Waals surface area contributed by atoms with Crippen molar-refractivity contribution in [3.63, 3.8) is 0 Å².